The molecule has 0 saturated carbocycles. The number of allylic oxidation sites excluding steroid dienone is 3. The summed E-state index contributed by atoms with van der Waals surface area (Å²) in [5.74, 6) is 1.07. The zero-order valence-electron chi connectivity index (χ0n) is 11.1. The first-order chi connectivity index (χ1) is 8.18. The molecule has 0 saturated heterocycles. The Morgan fingerprint density at radius 3 is 2.41 bits per heavy atom. The molecule has 0 aliphatic carbocycles. The van der Waals surface area contributed by atoms with Crippen LogP contribution in [0.25, 0.3) is 0 Å². The Balaban J connectivity index is 2.26. The minimum Gasteiger partial charge on any atom is -0.122 e. The van der Waals surface area contributed by atoms with Crippen LogP contribution in [0.4, 0.5) is 0 Å². The second kappa shape index (κ2) is 8.19. The van der Waals surface area contributed by atoms with E-state index in [1.54, 1.807) is 0 Å². The van der Waals surface area contributed by atoms with Gasteiger partial charge in [-0.05, 0) is 45.7 Å². The topological polar surface area (TPSA) is 0 Å². The third-order valence-electron chi connectivity index (χ3n) is 2.52. The van der Waals surface area contributed by atoms with Crippen molar-refractivity contribution in [2.24, 2.45) is 0 Å². The third kappa shape index (κ3) is 7.06. The lowest BCUT2D eigenvalue weighted by atomic mass is 10.1. The van der Waals surface area contributed by atoms with Crippen LogP contribution in [0.15, 0.2) is 58.5 Å². The van der Waals surface area contributed by atoms with Crippen LogP contribution in [0.5, 0.6) is 0 Å². The van der Waals surface area contributed by atoms with E-state index in [2.05, 4.69) is 63.3 Å². The van der Waals surface area contributed by atoms with Crippen molar-refractivity contribution in [2.75, 3.05) is 5.75 Å². The summed E-state index contributed by atoms with van der Waals surface area (Å²) in [6, 6.07) is 10.6. The molecule has 1 aromatic carbocycles. The lowest BCUT2D eigenvalue weighted by molar-refractivity contribution is 0.964. The molecule has 0 radical (unpaired) electrons. The molecule has 0 N–H and O–H groups in total. The fraction of sp³-hybridized carbons (Fsp3) is 0.375. The molecular weight excluding hydrogens is 224 g/mol. The molecule has 92 valence electrons. The van der Waals surface area contributed by atoms with E-state index in [1.165, 1.54) is 28.9 Å². The summed E-state index contributed by atoms with van der Waals surface area (Å²) < 4.78 is 0. The maximum atomic E-state index is 2.34. The van der Waals surface area contributed by atoms with E-state index in [0.717, 1.165) is 5.75 Å². The molecule has 0 aliphatic heterocycles. The highest BCUT2D eigenvalue weighted by atomic mass is 32.2. The van der Waals surface area contributed by atoms with Crippen molar-refractivity contribution in [1.29, 1.82) is 0 Å². The molecule has 0 unspecified atom stereocenters. The first-order valence-electron chi connectivity index (χ1n) is 6.15. The lowest BCUT2D eigenvalue weighted by Gasteiger charge is -2.00. The van der Waals surface area contributed by atoms with Gasteiger partial charge in [-0.1, -0.05) is 41.5 Å². The zero-order chi connectivity index (χ0) is 12.5. The van der Waals surface area contributed by atoms with Crippen molar-refractivity contribution < 1.29 is 0 Å². The summed E-state index contributed by atoms with van der Waals surface area (Å²) in [4.78, 5) is 1.35. The predicted molar refractivity (Wildman–Crippen MR) is 79.6 cm³/mol. The van der Waals surface area contributed by atoms with Crippen molar-refractivity contribution in [1.82, 2.24) is 0 Å². The molecule has 1 aromatic rings. The minimum atomic E-state index is 1.07. The SMILES string of the molecule is CC(C)=CCC/C(C)=C\CSc1ccccc1. The highest BCUT2D eigenvalue weighted by Gasteiger charge is 1.92. The molecule has 0 nitrogen and oxygen atoms in total. The Bertz CT molecular complexity index is 370. The summed E-state index contributed by atoms with van der Waals surface area (Å²) in [7, 11) is 0. The van der Waals surface area contributed by atoms with Gasteiger partial charge < -0.3 is 0 Å². The standard InChI is InChI=1S/C16H22S/c1-14(2)8-7-9-15(3)12-13-17-16-10-5-4-6-11-16/h4-6,8,10-12H,7,9,13H2,1-3H3/b15-12-. The number of hydrogen-bond acceptors (Lipinski definition) is 1. The summed E-state index contributed by atoms with van der Waals surface area (Å²) in [6.45, 7) is 6.54. The van der Waals surface area contributed by atoms with Gasteiger partial charge in [0.1, 0.15) is 0 Å². The molecular formula is C16H22S. The van der Waals surface area contributed by atoms with Crippen molar-refractivity contribution >= 4 is 11.8 Å². The van der Waals surface area contributed by atoms with Gasteiger partial charge in [-0.2, -0.15) is 0 Å². The molecule has 0 aliphatic rings. The first-order valence-corrected chi connectivity index (χ1v) is 7.14. The zero-order valence-corrected chi connectivity index (χ0v) is 11.9. The van der Waals surface area contributed by atoms with Gasteiger partial charge in [-0.15, -0.1) is 11.8 Å². The fourth-order valence-electron chi connectivity index (χ4n) is 1.49. The molecule has 0 heterocycles. The maximum absolute atomic E-state index is 2.34. The monoisotopic (exact) mass is 246 g/mol. The largest absolute Gasteiger partial charge is 0.122 e. The number of benzene rings is 1. The van der Waals surface area contributed by atoms with Gasteiger partial charge in [-0.25, -0.2) is 0 Å². The van der Waals surface area contributed by atoms with Gasteiger partial charge in [0.15, 0.2) is 0 Å². The third-order valence-corrected chi connectivity index (χ3v) is 3.46. The second-order valence-electron chi connectivity index (χ2n) is 4.49. The summed E-state index contributed by atoms with van der Waals surface area (Å²) >= 11 is 1.90. The highest BCUT2D eigenvalue weighted by molar-refractivity contribution is 7.99. The van der Waals surface area contributed by atoms with Gasteiger partial charge in [-0.3, -0.25) is 0 Å². The highest BCUT2D eigenvalue weighted by Crippen LogP contribution is 2.18. The number of rotatable bonds is 6. The lowest BCUT2D eigenvalue weighted by Crippen LogP contribution is -1.80. The summed E-state index contributed by atoms with van der Waals surface area (Å²) in [6.07, 6.45) is 7.00. The van der Waals surface area contributed by atoms with Gasteiger partial charge in [0.2, 0.25) is 0 Å². The van der Waals surface area contributed by atoms with E-state index in [9.17, 15) is 0 Å². The van der Waals surface area contributed by atoms with Crippen molar-refractivity contribution in [3.05, 3.63) is 53.6 Å². The quantitative estimate of drug-likeness (QED) is 0.473. The van der Waals surface area contributed by atoms with E-state index in [1.807, 2.05) is 11.8 Å². The minimum absolute atomic E-state index is 1.07. The van der Waals surface area contributed by atoms with E-state index < -0.39 is 0 Å². The molecule has 0 bridgehead atoms. The number of thioether (sulfide) groups is 1. The van der Waals surface area contributed by atoms with Gasteiger partial charge in [0.25, 0.3) is 0 Å². The Morgan fingerprint density at radius 2 is 1.76 bits per heavy atom. The average molecular weight is 246 g/mol. The molecule has 0 fully saturated rings. The van der Waals surface area contributed by atoms with E-state index in [-0.39, 0.29) is 0 Å². The van der Waals surface area contributed by atoms with Crippen LogP contribution in [0.2, 0.25) is 0 Å². The van der Waals surface area contributed by atoms with Crippen molar-refractivity contribution in [3.8, 4) is 0 Å². The van der Waals surface area contributed by atoms with E-state index >= 15 is 0 Å². The van der Waals surface area contributed by atoms with Gasteiger partial charge >= 0.3 is 0 Å². The molecule has 1 heteroatoms. The second-order valence-corrected chi connectivity index (χ2v) is 5.59. The number of hydrogen-bond donors (Lipinski definition) is 0. The van der Waals surface area contributed by atoms with Crippen LogP contribution in [-0.2, 0) is 0 Å². The van der Waals surface area contributed by atoms with Crippen LogP contribution < -0.4 is 0 Å². The molecule has 17 heavy (non-hydrogen) atoms. The fourth-order valence-corrected chi connectivity index (χ4v) is 2.40. The van der Waals surface area contributed by atoms with Gasteiger partial charge in [0, 0.05) is 10.6 Å². The van der Waals surface area contributed by atoms with E-state index in [4.69, 9.17) is 0 Å². The molecule has 0 spiro atoms. The maximum Gasteiger partial charge on any atom is 0.0163 e. The average Bonchev–Trinajstić information content (AvgIpc) is 2.30. The Hall–Kier alpha value is -0.950. The Morgan fingerprint density at radius 1 is 1.06 bits per heavy atom. The molecule has 0 atom stereocenters. The van der Waals surface area contributed by atoms with Crippen LogP contribution >= 0.6 is 11.8 Å². The van der Waals surface area contributed by atoms with Crippen LogP contribution in [0.3, 0.4) is 0 Å². The van der Waals surface area contributed by atoms with Crippen LogP contribution in [-0.4, -0.2) is 5.75 Å². The van der Waals surface area contributed by atoms with Crippen molar-refractivity contribution in [3.63, 3.8) is 0 Å². The van der Waals surface area contributed by atoms with Crippen LogP contribution in [0.1, 0.15) is 33.6 Å². The smallest absolute Gasteiger partial charge is 0.0163 e. The predicted octanol–water partition coefficient (Wildman–Crippen LogP) is 5.47. The van der Waals surface area contributed by atoms with Crippen molar-refractivity contribution in [2.45, 2.75) is 38.5 Å². The Labute approximate surface area is 110 Å². The summed E-state index contributed by atoms with van der Waals surface area (Å²) in [5.41, 5.74) is 2.90. The van der Waals surface area contributed by atoms with E-state index in [0.29, 0.717) is 0 Å². The Kier molecular flexibility index (Phi) is 6.80. The molecule has 0 amide bonds. The molecule has 0 aromatic heterocycles. The van der Waals surface area contributed by atoms with Gasteiger partial charge in [0.05, 0.1) is 0 Å². The molecule has 1 rings (SSSR count). The first kappa shape index (κ1) is 14.1. The normalized spacial score (nSPS) is 11.4. The van der Waals surface area contributed by atoms with Crippen LogP contribution in [0, 0.1) is 0 Å². The summed E-state index contributed by atoms with van der Waals surface area (Å²) in [5, 5.41) is 0.